The lowest BCUT2D eigenvalue weighted by molar-refractivity contribution is 1.06. The molecule has 0 amide bonds. The molecule has 0 saturated carbocycles. The van der Waals surface area contributed by atoms with Gasteiger partial charge in [-0.1, -0.05) is 23.2 Å². The van der Waals surface area contributed by atoms with Gasteiger partial charge in [-0.2, -0.15) is 11.8 Å². The molecule has 4 nitrogen and oxygen atoms in total. The van der Waals surface area contributed by atoms with E-state index in [1.165, 1.54) is 5.56 Å². The molecular formula is C12H10Cl2N4S. The van der Waals surface area contributed by atoms with E-state index in [4.69, 9.17) is 23.2 Å². The van der Waals surface area contributed by atoms with E-state index in [1.807, 2.05) is 18.8 Å². The fourth-order valence-electron chi connectivity index (χ4n) is 1.94. The van der Waals surface area contributed by atoms with E-state index < -0.39 is 0 Å². The molecule has 0 bridgehead atoms. The van der Waals surface area contributed by atoms with Crippen LogP contribution in [0.2, 0.25) is 10.0 Å². The molecule has 0 aromatic carbocycles. The Bertz CT molecular complexity index is 648. The highest BCUT2D eigenvalue weighted by atomic mass is 35.5. The smallest absolute Gasteiger partial charge is 0.182 e. The summed E-state index contributed by atoms with van der Waals surface area (Å²) in [6.45, 7) is 0. The van der Waals surface area contributed by atoms with E-state index in [1.54, 1.807) is 12.3 Å². The van der Waals surface area contributed by atoms with Gasteiger partial charge >= 0.3 is 0 Å². The van der Waals surface area contributed by atoms with E-state index >= 15 is 0 Å². The molecule has 0 spiro atoms. The number of nitrogens with zero attached hydrogens (tertiary/aromatic N) is 3. The summed E-state index contributed by atoms with van der Waals surface area (Å²) >= 11 is 13.8. The third kappa shape index (κ3) is 2.38. The van der Waals surface area contributed by atoms with Gasteiger partial charge in [0.15, 0.2) is 5.82 Å². The van der Waals surface area contributed by atoms with Crippen LogP contribution in [0.5, 0.6) is 0 Å². The highest BCUT2D eigenvalue weighted by Crippen LogP contribution is 2.35. The number of thioether (sulfide) groups is 1. The number of anilines is 1. The Hall–Kier alpha value is -1.04. The van der Waals surface area contributed by atoms with Gasteiger partial charge in [0.1, 0.15) is 11.5 Å². The molecule has 2 aromatic heterocycles. The lowest BCUT2D eigenvalue weighted by Gasteiger charge is -2.09. The van der Waals surface area contributed by atoms with Crippen molar-refractivity contribution in [1.82, 2.24) is 15.0 Å². The summed E-state index contributed by atoms with van der Waals surface area (Å²) in [5.74, 6) is 3.21. The average molecular weight is 313 g/mol. The predicted molar refractivity (Wildman–Crippen MR) is 79.8 cm³/mol. The number of hydrogen-bond acceptors (Lipinski definition) is 5. The number of nitrogens with one attached hydrogen (secondary N) is 1. The Morgan fingerprint density at radius 3 is 2.84 bits per heavy atom. The second-order valence-corrected chi connectivity index (χ2v) is 5.88. The van der Waals surface area contributed by atoms with Crippen molar-refractivity contribution in [1.29, 1.82) is 0 Å². The fourth-order valence-corrected chi connectivity index (χ4v) is 3.45. The number of aromatic nitrogens is 3. The van der Waals surface area contributed by atoms with Crippen LogP contribution < -0.4 is 5.32 Å². The molecule has 1 N–H and O–H groups in total. The molecule has 0 fully saturated rings. The molecule has 3 heterocycles. The van der Waals surface area contributed by atoms with Crippen molar-refractivity contribution in [2.24, 2.45) is 0 Å². The first kappa shape index (κ1) is 13.0. The molecule has 0 aliphatic carbocycles. The standard InChI is InChI=1S/C12H10Cl2N4S/c1-15-11-7-4-19-5-9(7)17-12(18-11)10-8(14)2-6(13)3-16-10/h2-3H,4-5H2,1H3,(H,15,17,18). The summed E-state index contributed by atoms with van der Waals surface area (Å²) in [4.78, 5) is 13.3. The molecule has 2 aromatic rings. The maximum Gasteiger partial charge on any atom is 0.182 e. The quantitative estimate of drug-likeness (QED) is 0.917. The van der Waals surface area contributed by atoms with Gasteiger partial charge in [-0.05, 0) is 6.07 Å². The summed E-state index contributed by atoms with van der Waals surface area (Å²) in [6.07, 6.45) is 1.55. The second kappa shape index (κ2) is 5.15. The van der Waals surface area contributed by atoms with Crippen molar-refractivity contribution >= 4 is 40.8 Å². The molecule has 1 aliphatic rings. The lowest BCUT2D eigenvalue weighted by atomic mass is 10.2. The summed E-state index contributed by atoms with van der Waals surface area (Å²) in [6, 6.07) is 1.65. The van der Waals surface area contributed by atoms with Crippen molar-refractivity contribution in [3.8, 4) is 11.5 Å². The summed E-state index contributed by atoms with van der Waals surface area (Å²) < 4.78 is 0. The van der Waals surface area contributed by atoms with Gasteiger partial charge in [0.05, 0.1) is 15.7 Å². The molecule has 7 heteroatoms. The Morgan fingerprint density at radius 2 is 2.11 bits per heavy atom. The predicted octanol–water partition coefficient (Wildman–Crippen LogP) is 3.63. The third-order valence-corrected chi connectivity index (χ3v) is 4.30. The number of rotatable bonds is 2. The van der Waals surface area contributed by atoms with Gasteiger partial charge < -0.3 is 5.32 Å². The van der Waals surface area contributed by atoms with Crippen LogP contribution >= 0.6 is 35.0 Å². The van der Waals surface area contributed by atoms with E-state index in [0.717, 1.165) is 23.0 Å². The van der Waals surface area contributed by atoms with Crippen LogP contribution in [0, 0.1) is 0 Å². The van der Waals surface area contributed by atoms with Crippen molar-refractivity contribution < 1.29 is 0 Å². The number of pyridine rings is 1. The zero-order valence-electron chi connectivity index (χ0n) is 10.1. The first-order valence-electron chi connectivity index (χ1n) is 5.65. The van der Waals surface area contributed by atoms with Crippen molar-refractivity contribution in [3.05, 3.63) is 33.6 Å². The van der Waals surface area contributed by atoms with Gasteiger partial charge in [0, 0.05) is 30.3 Å². The van der Waals surface area contributed by atoms with Crippen LogP contribution in [-0.2, 0) is 11.5 Å². The fraction of sp³-hybridized carbons (Fsp3) is 0.250. The number of halogens is 2. The topological polar surface area (TPSA) is 50.7 Å². The second-order valence-electron chi connectivity index (χ2n) is 4.05. The van der Waals surface area contributed by atoms with Gasteiger partial charge in [-0.3, -0.25) is 0 Å². The Balaban J connectivity index is 2.15. The minimum atomic E-state index is 0.458. The minimum absolute atomic E-state index is 0.458. The molecule has 19 heavy (non-hydrogen) atoms. The van der Waals surface area contributed by atoms with E-state index in [0.29, 0.717) is 21.6 Å². The van der Waals surface area contributed by atoms with E-state index in [2.05, 4.69) is 20.3 Å². The first-order valence-corrected chi connectivity index (χ1v) is 7.57. The number of fused-ring (bicyclic) bond motifs is 1. The highest BCUT2D eigenvalue weighted by Gasteiger charge is 2.21. The molecule has 1 aliphatic heterocycles. The maximum atomic E-state index is 6.16. The van der Waals surface area contributed by atoms with Crippen LogP contribution in [0.15, 0.2) is 12.3 Å². The lowest BCUT2D eigenvalue weighted by Crippen LogP contribution is -2.04. The van der Waals surface area contributed by atoms with Crippen molar-refractivity contribution in [2.45, 2.75) is 11.5 Å². The molecule has 0 saturated heterocycles. The maximum absolute atomic E-state index is 6.16. The van der Waals surface area contributed by atoms with E-state index in [9.17, 15) is 0 Å². The normalized spacial score (nSPS) is 13.4. The third-order valence-electron chi connectivity index (χ3n) is 2.83. The molecule has 3 rings (SSSR count). The average Bonchev–Trinajstić information content (AvgIpc) is 2.85. The Labute approximate surface area is 125 Å². The first-order chi connectivity index (χ1) is 9.19. The molecule has 0 atom stereocenters. The summed E-state index contributed by atoms with van der Waals surface area (Å²) in [5.41, 5.74) is 2.77. The summed E-state index contributed by atoms with van der Waals surface area (Å²) in [5, 5.41) is 4.06. The van der Waals surface area contributed by atoms with E-state index in [-0.39, 0.29) is 0 Å². The van der Waals surface area contributed by atoms with Crippen LogP contribution in [0.3, 0.4) is 0 Å². The zero-order chi connectivity index (χ0) is 13.4. The van der Waals surface area contributed by atoms with Crippen molar-refractivity contribution in [2.75, 3.05) is 12.4 Å². The SMILES string of the molecule is CNc1nc(-c2ncc(Cl)cc2Cl)nc2c1CSC2. The van der Waals surface area contributed by atoms with Gasteiger partial charge in [-0.15, -0.1) is 0 Å². The van der Waals surface area contributed by atoms with Gasteiger partial charge in [-0.25, -0.2) is 15.0 Å². The Morgan fingerprint density at radius 1 is 1.26 bits per heavy atom. The largest absolute Gasteiger partial charge is 0.373 e. The Kier molecular flexibility index (Phi) is 3.52. The number of hydrogen-bond donors (Lipinski definition) is 1. The van der Waals surface area contributed by atoms with Crippen LogP contribution in [0.1, 0.15) is 11.3 Å². The highest BCUT2D eigenvalue weighted by molar-refractivity contribution is 7.98. The van der Waals surface area contributed by atoms with Crippen LogP contribution in [0.25, 0.3) is 11.5 Å². The molecule has 98 valence electrons. The molecule has 0 radical (unpaired) electrons. The monoisotopic (exact) mass is 312 g/mol. The van der Waals surface area contributed by atoms with Gasteiger partial charge in [0.25, 0.3) is 0 Å². The molecular weight excluding hydrogens is 303 g/mol. The van der Waals surface area contributed by atoms with Crippen molar-refractivity contribution in [3.63, 3.8) is 0 Å². The summed E-state index contributed by atoms with van der Waals surface area (Å²) in [7, 11) is 1.85. The molecule has 0 unspecified atom stereocenters. The van der Waals surface area contributed by atoms with Gasteiger partial charge in [0.2, 0.25) is 0 Å². The zero-order valence-corrected chi connectivity index (χ0v) is 12.4. The van der Waals surface area contributed by atoms with Crippen LogP contribution in [0.4, 0.5) is 5.82 Å². The minimum Gasteiger partial charge on any atom is -0.373 e. The van der Waals surface area contributed by atoms with Crippen LogP contribution in [-0.4, -0.2) is 22.0 Å².